The van der Waals surface area contributed by atoms with E-state index in [1.165, 1.54) is 11.3 Å². The SMILES string of the molecule is Cc1ncc(C(=O)Nc2ccc(NC(=O)Nc3ccccc3)cc2)s1. The van der Waals surface area contributed by atoms with E-state index in [2.05, 4.69) is 20.9 Å². The van der Waals surface area contributed by atoms with Crippen LogP contribution in [0.1, 0.15) is 14.7 Å². The van der Waals surface area contributed by atoms with Crippen molar-refractivity contribution in [1.29, 1.82) is 0 Å². The van der Waals surface area contributed by atoms with Crippen molar-refractivity contribution >= 4 is 40.3 Å². The van der Waals surface area contributed by atoms with Gasteiger partial charge in [0, 0.05) is 17.1 Å². The highest BCUT2D eigenvalue weighted by Crippen LogP contribution is 2.17. The highest BCUT2D eigenvalue weighted by Gasteiger charge is 2.09. The Hall–Kier alpha value is -3.19. The highest BCUT2D eigenvalue weighted by molar-refractivity contribution is 7.13. The lowest BCUT2D eigenvalue weighted by atomic mass is 10.2. The third kappa shape index (κ3) is 4.65. The molecule has 0 aliphatic carbocycles. The summed E-state index contributed by atoms with van der Waals surface area (Å²) >= 11 is 1.34. The number of nitrogens with one attached hydrogen (secondary N) is 3. The van der Waals surface area contributed by atoms with E-state index in [1.54, 1.807) is 42.6 Å². The fourth-order valence-corrected chi connectivity index (χ4v) is 2.78. The molecule has 0 unspecified atom stereocenters. The summed E-state index contributed by atoms with van der Waals surface area (Å²) in [6, 6.07) is 15.7. The molecule has 7 heteroatoms. The Morgan fingerprint density at radius 2 is 1.40 bits per heavy atom. The van der Waals surface area contributed by atoms with Gasteiger partial charge in [-0.1, -0.05) is 18.2 Å². The van der Waals surface area contributed by atoms with E-state index in [-0.39, 0.29) is 11.9 Å². The summed E-state index contributed by atoms with van der Waals surface area (Å²) < 4.78 is 0. The summed E-state index contributed by atoms with van der Waals surface area (Å²) in [7, 11) is 0. The predicted octanol–water partition coefficient (Wildman–Crippen LogP) is 4.35. The van der Waals surface area contributed by atoms with Gasteiger partial charge in [-0.15, -0.1) is 11.3 Å². The van der Waals surface area contributed by atoms with Crippen molar-refractivity contribution in [3.8, 4) is 0 Å². The minimum Gasteiger partial charge on any atom is -0.321 e. The molecule has 0 fully saturated rings. The van der Waals surface area contributed by atoms with Crippen molar-refractivity contribution in [1.82, 2.24) is 4.98 Å². The number of amides is 3. The van der Waals surface area contributed by atoms with Crippen LogP contribution in [0.4, 0.5) is 21.9 Å². The third-order valence-electron chi connectivity index (χ3n) is 3.28. The van der Waals surface area contributed by atoms with Crippen molar-refractivity contribution in [2.24, 2.45) is 0 Å². The number of thiazole rings is 1. The van der Waals surface area contributed by atoms with Gasteiger partial charge in [0.15, 0.2) is 0 Å². The average molecular weight is 352 g/mol. The molecule has 0 radical (unpaired) electrons. The first-order valence-corrected chi connectivity index (χ1v) is 8.39. The Morgan fingerprint density at radius 1 is 0.840 bits per heavy atom. The molecule has 2 aromatic carbocycles. The first-order valence-electron chi connectivity index (χ1n) is 7.57. The van der Waals surface area contributed by atoms with Gasteiger partial charge in [-0.05, 0) is 43.3 Å². The maximum atomic E-state index is 12.1. The van der Waals surface area contributed by atoms with Gasteiger partial charge in [-0.3, -0.25) is 4.79 Å². The second kappa shape index (κ2) is 7.59. The van der Waals surface area contributed by atoms with Gasteiger partial charge in [0.2, 0.25) is 0 Å². The molecule has 0 saturated heterocycles. The lowest BCUT2D eigenvalue weighted by molar-refractivity contribution is 0.103. The van der Waals surface area contributed by atoms with E-state index >= 15 is 0 Å². The van der Waals surface area contributed by atoms with E-state index < -0.39 is 0 Å². The number of hydrogen-bond donors (Lipinski definition) is 3. The van der Waals surface area contributed by atoms with Crippen molar-refractivity contribution in [2.75, 3.05) is 16.0 Å². The number of nitrogens with zero attached hydrogens (tertiary/aromatic N) is 1. The van der Waals surface area contributed by atoms with Crippen LogP contribution in [0.15, 0.2) is 60.8 Å². The van der Waals surface area contributed by atoms with Gasteiger partial charge in [-0.25, -0.2) is 9.78 Å². The summed E-state index contributed by atoms with van der Waals surface area (Å²) in [6.45, 7) is 1.85. The maximum Gasteiger partial charge on any atom is 0.323 e. The second-order valence-electron chi connectivity index (χ2n) is 5.22. The number of aryl methyl sites for hydroxylation is 1. The zero-order chi connectivity index (χ0) is 17.6. The number of anilines is 3. The quantitative estimate of drug-likeness (QED) is 0.653. The van der Waals surface area contributed by atoms with Crippen LogP contribution < -0.4 is 16.0 Å². The number of hydrogen-bond acceptors (Lipinski definition) is 4. The lowest BCUT2D eigenvalue weighted by Crippen LogP contribution is -2.19. The molecule has 0 saturated carbocycles. The molecule has 1 aromatic heterocycles. The van der Waals surface area contributed by atoms with Gasteiger partial charge in [-0.2, -0.15) is 0 Å². The number of rotatable bonds is 4. The normalized spacial score (nSPS) is 10.1. The van der Waals surface area contributed by atoms with E-state index in [4.69, 9.17) is 0 Å². The summed E-state index contributed by atoms with van der Waals surface area (Å²) in [5, 5.41) is 9.11. The van der Waals surface area contributed by atoms with Crippen molar-refractivity contribution < 1.29 is 9.59 Å². The number of benzene rings is 2. The molecule has 3 aromatic rings. The summed E-state index contributed by atoms with van der Waals surface area (Å²) in [6.07, 6.45) is 1.55. The summed E-state index contributed by atoms with van der Waals surface area (Å²) in [5.41, 5.74) is 1.98. The number of aromatic nitrogens is 1. The van der Waals surface area contributed by atoms with E-state index in [9.17, 15) is 9.59 Å². The largest absolute Gasteiger partial charge is 0.323 e. The van der Waals surface area contributed by atoms with Crippen molar-refractivity contribution in [2.45, 2.75) is 6.92 Å². The predicted molar refractivity (Wildman–Crippen MR) is 100 cm³/mol. The third-order valence-corrected chi connectivity index (χ3v) is 4.19. The minimum atomic E-state index is -0.330. The number of para-hydroxylation sites is 1. The molecule has 3 rings (SSSR count). The molecule has 0 bridgehead atoms. The molecular formula is C18H16N4O2S. The van der Waals surface area contributed by atoms with E-state index in [0.29, 0.717) is 21.9 Å². The topological polar surface area (TPSA) is 83.1 Å². The van der Waals surface area contributed by atoms with Gasteiger partial charge in [0.1, 0.15) is 4.88 Å². The molecule has 6 nitrogen and oxygen atoms in total. The zero-order valence-corrected chi connectivity index (χ0v) is 14.3. The van der Waals surface area contributed by atoms with Crippen LogP contribution in [-0.4, -0.2) is 16.9 Å². The highest BCUT2D eigenvalue weighted by atomic mass is 32.1. The molecule has 0 aliphatic heterocycles. The molecule has 3 N–H and O–H groups in total. The molecule has 0 aliphatic rings. The maximum absolute atomic E-state index is 12.1. The Bertz CT molecular complexity index is 876. The smallest absolute Gasteiger partial charge is 0.321 e. The van der Waals surface area contributed by atoms with Crippen LogP contribution in [0.3, 0.4) is 0 Å². The fraction of sp³-hybridized carbons (Fsp3) is 0.0556. The van der Waals surface area contributed by atoms with Gasteiger partial charge in [0.25, 0.3) is 5.91 Å². The Labute approximate surface area is 148 Å². The Balaban J connectivity index is 1.56. The lowest BCUT2D eigenvalue weighted by Gasteiger charge is -2.09. The standard InChI is InChI=1S/C18H16N4O2S/c1-12-19-11-16(25-12)17(23)20-14-7-9-15(10-8-14)22-18(24)21-13-5-3-2-4-6-13/h2-11H,1H3,(H,20,23)(H2,21,22,24). The molecule has 0 atom stereocenters. The Morgan fingerprint density at radius 3 is 1.96 bits per heavy atom. The molecule has 3 amide bonds. The summed E-state index contributed by atoms with van der Waals surface area (Å²) in [5.74, 6) is -0.201. The van der Waals surface area contributed by atoms with Gasteiger partial charge >= 0.3 is 6.03 Å². The van der Waals surface area contributed by atoms with Crippen LogP contribution in [0, 0.1) is 6.92 Å². The number of carbonyl (C=O) groups is 2. The number of urea groups is 1. The van der Waals surface area contributed by atoms with Crippen LogP contribution in [0.5, 0.6) is 0 Å². The molecule has 1 heterocycles. The molecule has 0 spiro atoms. The number of carbonyl (C=O) groups excluding carboxylic acids is 2. The fourth-order valence-electron chi connectivity index (χ4n) is 2.11. The van der Waals surface area contributed by atoms with Crippen LogP contribution >= 0.6 is 11.3 Å². The van der Waals surface area contributed by atoms with Crippen molar-refractivity contribution in [3.05, 3.63) is 70.7 Å². The van der Waals surface area contributed by atoms with Crippen molar-refractivity contribution in [3.63, 3.8) is 0 Å². The molecule has 126 valence electrons. The van der Waals surface area contributed by atoms with Gasteiger partial charge in [0.05, 0.1) is 11.2 Å². The van der Waals surface area contributed by atoms with Gasteiger partial charge < -0.3 is 16.0 Å². The Kier molecular flexibility index (Phi) is 5.06. The van der Waals surface area contributed by atoms with Crippen LogP contribution in [-0.2, 0) is 0 Å². The van der Waals surface area contributed by atoms with Crippen LogP contribution in [0.25, 0.3) is 0 Å². The first-order chi connectivity index (χ1) is 12.1. The molecule has 25 heavy (non-hydrogen) atoms. The average Bonchev–Trinajstić information content (AvgIpc) is 3.04. The monoisotopic (exact) mass is 352 g/mol. The molecular weight excluding hydrogens is 336 g/mol. The van der Waals surface area contributed by atoms with E-state index in [1.807, 2.05) is 25.1 Å². The van der Waals surface area contributed by atoms with Crippen LogP contribution in [0.2, 0.25) is 0 Å². The first kappa shape index (κ1) is 16.7. The van der Waals surface area contributed by atoms with E-state index in [0.717, 1.165) is 5.01 Å². The second-order valence-corrected chi connectivity index (χ2v) is 6.45. The zero-order valence-electron chi connectivity index (χ0n) is 13.4. The summed E-state index contributed by atoms with van der Waals surface area (Å²) in [4.78, 5) is 28.6. The minimum absolute atomic E-state index is 0.201.